The molecule has 1 unspecified atom stereocenters. The van der Waals surface area contributed by atoms with Crippen molar-refractivity contribution in [2.45, 2.75) is 17.2 Å². The molecule has 110 valence electrons. The van der Waals surface area contributed by atoms with Gasteiger partial charge in [0.25, 0.3) is 0 Å². The first-order valence-corrected chi connectivity index (χ1v) is 7.75. The highest BCUT2D eigenvalue weighted by atomic mass is 32.2. The molecular formula is C17H14N2O2S. The molecule has 0 bridgehead atoms. The van der Waals surface area contributed by atoms with Gasteiger partial charge in [0.1, 0.15) is 10.3 Å². The summed E-state index contributed by atoms with van der Waals surface area (Å²) in [7, 11) is 0. The molecule has 0 saturated carbocycles. The van der Waals surface area contributed by atoms with Gasteiger partial charge < -0.3 is 5.11 Å². The molecule has 3 rings (SSSR count). The van der Waals surface area contributed by atoms with Crippen molar-refractivity contribution in [3.63, 3.8) is 0 Å². The summed E-state index contributed by atoms with van der Waals surface area (Å²) in [5.41, 5.74) is 1.73. The second-order valence-electron chi connectivity index (χ2n) is 4.83. The number of para-hydroxylation sites is 1. The van der Waals surface area contributed by atoms with Gasteiger partial charge in [-0.15, -0.1) is 0 Å². The van der Waals surface area contributed by atoms with E-state index in [2.05, 4.69) is 9.97 Å². The lowest BCUT2D eigenvalue weighted by molar-refractivity contribution is -0.136. The van der Waals surface area contributed by atoms with Gasteiger partial charge in [-0.2, -0.15) is 0 Å². The van der Waals surface area contributed by atoms with Crippen LogP contribution in [0.2, 0.25) is 0 Å². The zero-order chi connectivity index (χ0) is 15.5. The number of hydrogen-bond acceptors (Lipinski definition) is 4. The van der Waals surface area contributed by atoms with E-state index in [0.29, 0.717) is 10.9 Å². The highest BCUT2D eigenvalue weighted by Crippen LogP contribution is 2.30. The average molecular weight is 310 g/mol. The molecule has 0 fully saturated rings. The van der Waals surface area contributed by atoms with Crippen LogP contribution in [0, 0.1) is 0 Å². The maximum atomic E-state index is 11.1. The van der Waals surface area contributed by atoms with Crippen LogP contribution >= 0.6 is 11.8 Å². The number of carbonyl (C=O) groups is 1. The van der Waals surface area contributed by atoms with Crippen LogP contribution in [-0.2, 0) is 4.79 Å². The molecular weight excluding hydrogens is 296 g/mol. The van der Waals surface area contributed by atoms with E-state index in [0.717, 1.165) is 16.5 Å². The first kappa shape index (κ1) is 14.5. The Morgan fingerprint density at radius 3 is 2.45 bits per heavy atom. The number of rotatable bonds is 4. The molecule has 0 amide bonds. The predicted molar refractivity (Wildman–Crippen MR) is 87.9 cm³/mol. The minimum Gasteiger partial charge on any atom is -0.480 e. The van der Waals surface area contributed by atoms with E-state index >= 15 is 0 Å². The van der Waals surface area contributed by atoms with Crippen molar-refractivity contribution < 1.29 is 9.90 Å². The normalized spacial score (nSPS) is 12.2. The molecule has 1 N–H and O–H groups in total. The van der Waals surface area contributed by atoms with Crippen LogP contribution in [0.1, 0.15) is 6.92 Å². The van der Waals surface area contributed by atoms with Crippen molar-refractivity contribution in [2.24, 2.45) is 0 Å². The Morgan fingerprint density at radius 2 is 1.73 bits per heavy atom. The maximum absolute atomic E-state index is 11.1. The Balaban J connectivity index is 2.14. The fourth-order valence-electron chi connectivity index (χ4n) is 2.07. The van der Waals surface area contributed by atoms with E-state index < -0.39 is 11.2 Å². The predicted octanol–water partition coefficient (Wildman–Crippen LogP) is 3.86. The van der Waals surface area contributed by atoms with Crippen LogP contribution in [0.5, 0.6) is 0 Å². The second kappa shape index (κ2) is 6.15. The molecule has 3 aromatic rings. The van der Waals surface area contributed by atoms with Gasteiger partial charge in [-0.1, -0.05) is 60.3 Å². The molecule has 1 heterocycles. The fraction of sp³-hybridized carbons (Fsp3) is 0.118. The van der Waals surface area contributed by atoms with E-state index in [1.54, 1.807) is 6.92 Å². The zero-order valence-electron chi connectivity index (χ0n) is 11.9. The van der Waals surface area contributed by atoms with E-state index in [1.165, 1.54) is 11.8 Å². The lowest BCUT2D eigenvalue weighted by atomic mass is 10.2. The van der Waals surface area contributed by atoms with Gasteiger partial charge >= 0.3 is 5.97 Å². The molecule has 22 heavy (non-hydrogen) atoms. The van der Waals surface area contributed by atoms with Crippen LogP contribution in [0.3, 0.4) is 0 Å². The minimum atomic E-state index is -0.853. The maximum Gasteiger partial charge on any atom is 0.316 e. The standard InChI is InChI=1S/C17H14N2O2S/c1-11(17(20)21)22-16-13-9-5-6-10-14(13)18-15(19-16)12-7-3-2-4-8-12/h2-11H,1H3,(H,20,21). The second-order valence-corrected chi connectivity index (χ2v) is 6.16. The van der Waals surface area contributed by atoms with Crippen molar-refractivity contribution >= 4 is 28.6 Å². The van der Waals surface area contributed by atoms with Gasteiger partial charge in [0.05, 0.1) is 5.52 Å². The molecule has 0 aliphatic rings. The third kappa shape index (κ3) is 2.94. The first-order valence-electron chi connectivity index (χ1n) is 6.87. The monoisotopic (exact) mass is 310 g/mol. The molecule has 1 atom stereocenters. The molecule has 0 spiro atoms. The highest BCUT2D eigenvalue weighted by Gasteiger charge is 2.17. The Morgan fingerprint density at radius 1 is 1.05 bits per heavy atom. The Hall–Kier alpha value is -2.40. The summed E-state index contributed by atoms with van der Waals surface area (Å²) in [6.07, 6.45) is 0. The number of thioether (sulfide) groups is 1. The van der Waals surface area contributed by atoms with Crippen molar-refractivity contribution in [1.82, 2.24) is 9.97 Å². The van der Waals surface area contributed by atoms with E-state index in [4.69, 9.17) is 5.11 Å². The van der Waals surface area contributed by atoms with Gasteiger partial charge in [-0.25, -0.2) is 9.97 Å². The van der Waals surface area contributed by atoms with Gasteiger partial charge in [-0.05, 0) is 13.0 Å². The van der Waals surface area contributed by atoms with Crippen LogP contribution in [-0.4, -0.2) is 26.3 Å². The van der Waals surface area contributed by atoms with Crippen LogP contribution in [0.4, 0.5) is 0 Å². The van der Waals surface area contributed by atoms with E-state index in [-0.39, 0.29) is 0 Å². The van der Waals surface area contributed by atoms with Gasteiger partial charge in [-0.3, -0.25) is 4.79 Å². The number of fused-ring (bicyclic) bond motifs is 1. The largest absolute Gasteiger partial charge is 0.480 e. The number of nitrogens with zero attached hydrogens (tertiary/aromatic N) is 2. The molecule has 0 saturated heterocycles. The number of aromatic nitrogens is 2. The van der Waals surface area contributed by atoms with Gasteiger partial charge in [0.2, 0.25) is 0 Å². The number of hydrogen-bond donors (Lipinski definition) is 1. The van der Waals surface area contributed by atoms with Gasteiger partial charge in [0.15, 0.2) is 5.82 Å². The molecule has 0 aliphatic carbocycles. The Labute approximate surface area is 132 Å². The molecule has 0 radical (unpaired) electrons. The molecule has 0 aliphatic heterocycles. The molecule has 2 aromatic carbocycles. The summed E-state index contributed by atoms with van der Waals surface area (Å²) >= 11 is 1.24. The van der Waals surface area contributed by atoms with Crippen LogP contribution in [0.25, 0.3) is 22.3 Å². The van der Waals surface area contributed by atoms with Gasteiger partial charge in [0, 0.05) is 10.9 Å². The van der Waals surface area contributed by atoms with E-state index in [9.17, 15) is 4.79 Å². The zero-order valence-corrected chi connectivity index (χ0v) is 12.7. The summed E-state index contributed by atoms with van der Waals surface area (Å²) in [5.74, 6) is -0.242. The fourth-order valence-corrected chi connectivity index (χ4v) is 2.95. The first-order chi connectivity index (χ1) is 10.6. The highest BCUT2D eigenvalue weighted by molar-refractivity contribution is 8.00. The van der Waals surface area contributed by atoms with Crippen molar-refractivity contribution in [1.29, 1.82) is 0 Å². The van der Waals surface area contributed by atoms with Crippen molar-refractivity contribution in [3.05, 3.63) is 54.6 Å². The molecule has 5 heteroatoms. The lowest BCUT2D eigenvalue weighted by Crippen LogP contribution is -2.11. The summed E-state index contributed by atoms with van der Waals surface area (Å²) in [6, 6.07) is 17.3. The third-order valence-corrected chi connectivity index (χ3v) is 4.33. The van der Waals surface area contributed by atoms with Crippen LogP contribution < -0.4 is 0 Å². The lowest BCUT2D eigenvalue weighted by Gasteiger charge is -2.10. The Bertz CT molecular complexity index is 821. The molecule has 1 aromatic heterocycles. The van der Waals surface area contributed by atoms with Crippen molar-refractivity contribution in [2.75, 3.05) is 0 Å². The summed E-state index contributed by atoms with van der Waals surface area (Å²) in [5, 5.41) is 10.1. The average Bonchev–Trinajstić information content (AvgIpc) is 2.55. The Kier molecular flexibility index (Phi) is 4.06. The summed E-state index contributed by atoms with van der Waals surface area (Å²) < 4.78 is 0. The summed E-state index contributed by atoms with van der Waals surface area (Å²) in [6.45, 7) is 1.66. The SMILES string of the molecule is CC(Sc1nc(-c2ccccc2)nc2ccccc12)C(=O)O. The number of aliphatic carboxylic acids is 1. The molecule has 4 nitrogen and oxygen atoms in total. The summed E-state index contributed by atoms with van der Waals surface area (Å²) in [4.78, 5) is 20.3. The van der Waals surface area contributed by atoms with Crippen LogP contribution in [0.15, 0.2) is 59.6 Å². The number of benzene rings is 2. The smallest absolute Gasteiger partial charge is 0.316 e. The van der Waals surface area contributed by atoms with Crippen molar-refractivity contribution in [3.8, 4) is 11.4 Å². The quantitative estimate of drug-likeness (QED) is 0.585. The topological polar surface area (TPSA) is 63.1 Å². The number of carboxylic acids is 1. The minimum absolute atomic E-state index is 0.568. The third-order valence-electron chi connectivity index (χ3n) is 3.24. The number of carboxylic acid groups (broad SMARTS) is 1. The van der Waals surface area contributed by atoms with E-state index in [1.807, 2.05) is 54.6 Å².